The van der Waals surface area contributed by atoms with Crippen LogP contribution in [0.4, 0.5) is 0 Å². The van der Waals surface area contributed by atoms with Gasteiger partial charge in [0, 0.05) is 0 Å². The lowest BCUT2D eigenvalue weighted by atomic mass is 10.2. The first kappa shape index (κ1) is 15.0. The van der Waals surface area contributed by atoms with E-state index in [2.05, 4.69) is 0 Å². The number of carbonyl (C=O) groups excluding carboxylic acids is 2. The average molecular weight is 262 g/mol. The van der Waals surface area contributed by atoms with Crippen molar-refractivity contribution in [2.75, 3.05) is 6.61 Å². The summed E-state index contributed by atoms with van der Waals surface area (Å²) >= 11 is 0. The summed E-state index contributed by atoms with van der Waals surface area (Å²) in [5.41, 5.74) is 1.03. The average Bonchev–Trinajstić information content (AvgIpc) is 2.35. The molecule has 0 radical (unpaired) electrons. The monoisotopic (exact) mass is 262 g/mol. The van der Waals surface area contributed by atoms with E-state index < -0.39 is 11.9 Å². The zero-order chi connectivity index (χ0) is 14.1. The SMILES string of the molecule is CC(C)OC(=O)CC(=O)OC/C=C/c1ccccc1. The Labute approximate surface area is 113 Å². The van der Waals surface area contributed by atoms with Crippen molar-refractivity contribution in [3.63, 3.8) is 0 Å². The van der Waals surface area contributed by atoms with Gasteiger partial charge in [0.1, 0.15) is 13.0 Å². The first-order valence-corrected chi connectivity index (χ1v) is 6.14. The van der Waals surface area contributed by atoms with Crippen LogP contribution in [0.25, 0.3) is 6.08 Å². The molecule has 19 heavy (non-hydrogen) atoms. The summed E-state index contributed by atoms with van der Waals surface area (Å²) in [5, 5.41) is 0. The van der Waals surface area contributed by atoms with Crippen LogP contribution in [0.15, 0.2) is 36.4 Å². The fourth-order valence-corrected chi connectivity index (χ4v) is 1.36. The molecule has 0 fully saturated rings. The Morgan fingerprint density at radius 1 is 1.16 bits per heavy atom. The van der Waals surface area contributed by atoms with Gasteiger partial charge in [0.15, 0.2) is 0 Å². The van der Waals surface area contributed by atoms with Crippen molar-refractivity contribution < 1.29 is 19.1 Å². The zero-order valence-corrected chi connectivity index (χ0v) is 11.2. The second-order valence-corrected chi connectivity index (χ2v) is 4.21. The highest BCUT2D eigenvalue weighted by molar-refractivity contribution is 5.91. The van der Waals surface area contributed by atoms with Crippen molar-refractivity contribution in [1.82, 2.24) is 0 Å². The van der Waals surface area contributed by atoms with Gasteiger partial charge in [0.2, 0.25) is 0 Å². The number of hydrogen-bond acceptors (Lipinski definition) is 4. The molecule has 0 saturated carbocycles. The largest absolute Gasteiger partial charge is 0.463 e. The summed E-state index contributed by atoms with van der Waals surface area (Å²) in [7, 11) is 0. The van der Waals surface area contributed by atoms with E-state index in [1.807, 2.05) is 36.4 Å². The molecule has 102 valence electrons. The lowest BCUT2D eigenvalue weighted by molar-refractivity contribution is -0.156. The maximum atomic E-state index is 11.3. The fraction of sp³-hybridized carbons (Fsp3) is 0.333. The Kier molecular flexibility index (Phi) is 6.36. The minimum absolute atomic E-state index is 0.142. The molecule has 0 aliphatic carbocycles. The van der Waals surface area contributed by atoms with Crippen LogP contribution in [0.1, 0.15) is 25.8 Å². The molecule has 0 unspecified atom stereocenters. The van der Waals surface area contributed by atoms with Gasteiger partial charge in [0.05, 0.1) is 6.10 Å². The fourth-order valence-electron chi connectivity index (χ4n) is 1.36. The number of benzene rings is 1. The van der Waals surface area contributed by atoms with E-state index in [9.17, 15) is 9.59 Å². The van der Waals surface area contributed by atoms with Crippen LogP contribution in [-0.2, 0) is 19.1 Å². The topological polar surface area (TPSA) is 52.6 Å². The number of hydrogen-bond donors (Lipinski definition) is 0. The summed E-state index contributed by atoms with van der Waals surface area (Å²) < 4.78 is 9.73. The molecule has 0 amide bonds. The molecular weight excluding hydrogens is 244 g/mol. The maximum Gasteiger partial charge on any atom is 0.317 e. The minimum atomic E-state index is -0.580. The van der Waals surface area contributed by atoms with Crippen molar-refractivity contribution in [1.29, 1.82) is 0 Å². The van der Waals surface area contributed by atoms with Gasteiger partial charge in [-0.25, -0.2) is 0 Å². The summed E-state index contributed by atoms with van der Waals surface area (Å²) in [6.45, 7) is 3.60. The molecule has 0 aromatic heterocycles. The van der Waals surface area contributed by atoms with Crippen molar-refractivity contribution in [3.05, 3.63) is 42.0 Å². The predicted octanol–water partition coefficient (Wildman–Crippen LogP) is 2.58. The van der Waals surface area contributed by atoms with Crippen LogP contribution in [0.5, 0.6) is 0 Å². The van der Waals surface area contributed by atoms with Crippen LogP contribution in [-0.4, -0.2) is 24.6 Å². The molecule has 1 rings (SSSR count). The van der Waals surface area contributed by atoms with Gasteiger partial charge in [-0.1, -0.05) is 36.4 Å². The summed E-state index contributed by atoms with van der Waals surface area (Å²) in [6.07, 6.45) is 3.00. The smallest absolute Gasteiger partial charge is 0.317 e. The van der Waals surface area contributed by atoms with Gasteiger partial charge in [0.25, 0.3) is 0 Å². The van der Waals surface area contributed by atoms with Crippen LogP contribution in [0.2, 0.25) is 0 Å². The van der Waals surface area contributed by atoms with Gasteiger partial charge >= 0.3 is 11.9 Å². The minimum Gasteiger partial charge on any atom is -0.463 e. The highest BCUT2D eigenvalue weighted by atomic mass is 16.6. The predicted molar refractivity (Wildman–Crippen MR) is 72.3 cm³/mol. The Bertz CT molecular complexity index is 435. The Morgan fingerprint density at radius 3 is 2.47 bits per heavy atom. The van der Waals surface area contributed by atoms with E-state index in [0.717, 1.165) is 5.56 Å². The second kappa shape index (κ2) is 8.08. The van der Waals surface area contributed by atoms with E-state index in [1.165, 1.54) is 0 Å². The highest BCUT2D eigenvalue weighted by Gasteiger charge is 2.12. The van der Waals surface area contributed by atoms with Gasteiger partial charge in [-0.2, -0.15) is 0 Å². The van der Waals surface area contributed by atoms with E-state index >= 15 is 0 Å². The van der Waals surface area contributed by atoms with Crippen molar-refractivity contribution in [3.8, 4) is 0 Å². The van der Waals surface area contributed by atoms with E-state index in [1.54, 1.807) is 19.9 Å². The molecule has 0 N–H and O–H groups in total. The normalized spacial score (nSPS) is 10.7. The molecule has 0 atom stereocenters. The zero-order valence-electron chi connectivity index (χ0n) is 11.2. The lowest BCUT2D eigenvalue weighted by Crippen LogP contribution is -2.17. The third-order valence-corrected chi connectivity index (χ3v) is 2.11. The van der Waals surface area contributed by atoms with E-state index in [4.69, 9.17) is 9.47 Å². The van der Waals surface area contributed by atoms with Crippen LogP contribution < -0.4 is 0 Å². The number of carbonyl (C=O) groups is 2. The first-order valence-electron chi connectivity index (χ1n) is 6.14. The van der Waals surface area contributed by atoms with Crippen molar-refractivity contribution >= 4 is 18.0 Å². The molecule has 1 aromatic carbocycles. The molecule has 0 aliphatic rings. The molecular formula is C15H18O4. The third-order valence-electron chi connectivity index (χ3n) is 2.11. The van der Waals surface area contributed by atoms with Crippen molar-refractivity contribution in [2.24, 2.45) is 0 Å². The van der Waals surface area contributed by atoms with Crippen LogP contribution >= 0.6 is 0 Å². The molecule has 0 aliphatic heterocycles. The van der Waals surface area contributed by atoms with Crippen LogP contribution in [0, 0.1) is 0 Å². The first-order chi connectivity index (χ1) is 9.08. The van der Waals surface area contributed by atoms with Gasteiger partial charge in [-0.05, 0) is 25.5 Å². The lowest BCUT2D eigenvalue weighted by Gasteiger charge is -2.07. The number of rotatable bonds is 6. The summed E-state index contributed by atoms with van der Waals surface area (Å²) in [5.74, 6) is -1.14. The van der Waals surface area contributed by atoms with E-state index in [0.29, 0.717) is 0 Å². The number of ether oxygens (including phenoxy) is 2. The maximum absolute atomic E-state index is 11.3. The highest BCUT2D eigenvalue weighted by Crippen LogP contribution is 2.01. The molecule has 4 heteroatoms. The summed E-state index contributed by atoms with van der Waals surface area (Å²) in [4.78, 5) is 22.5. The molecule has 0 bridgehead atoms. The van der Waals surface area contributed by atoms with Gasteiger partial charge < -0.3 is 9.47 Å². The molecule has 4 nitrogen and oxygen atoms in total. The Hall–Kier alpha value is -2.10. The molecule has 0 spiro atoms. The standard InChI is InChI=1S/C15H18O4/c1-12(2)19-15(17)11-14(16)18-10-6-9-13-7-4-3-5-8-13/h3-9,12H,10-11H2,1-2H3/b9-6+. The molecule has 0 heterocycles. The summed E-state index contributed by atoms with van der Waals surface area (Å²) in [6, 6.07) is 9.66. The van der Waals surface area contributed by atoms with Gasteiger partial charge in [-0.3, -0.25) is 9.59 Å². The second-order valence-electron chi connectivity index (χ2n) is 4.21. The quantitative estimate of drug-likeness (QED) is 0.584. The number of esters is 2. The third kappa shape index (κ3) is 7.03. The van der Waals surface area contributed by atoms with Crippen molar-refractivity contribution in [2.45, 2.75) is 26.4 Å². The Balaban J connectivity index is 2.24. The van der Waals surface area contributed by atoms with Crippen LogP contribution in [0.3, 0.4) is 0 Å². The molecule has 0 saturated heterocycles. The van der Waals surface area contributed by atoms with E-state index in [-0.39, 0.29) is 19.1 Å². The molecule has 1 aromatic rings. The van der Waals surface area contributed by atoms with Gasteiger partial charge in [-0.15, -0.1) is 0 Å². The Morgan fingerprint density at radius 2 is 1.84 bits per heavy atom.